The molecule has 6 rings (SSSR count). The molecule has 3 aromatic rings. The van der Waals surface area contributed by atoms with E-state index in [-0.39, 0.29) is 167 Å². The van der Waals surface area contributed by atoms with Crippen molar-refractivity contribution in [3.63, 3.8) is 0 Å². The molecule has 2 fully saturated rings. The Bertz CT molecular complexity index is 3480. The van der Waals surface area contributed by atoms with Gasteiger partial charge >= 0.3 is 6.03 Å². The Morgan fingerprint density at radius 2 is 1.26 bits per heavy atom. The molecule has 0 bridgehead atoms. The number of anilines is 2. The first-order valence-corrected chi connectivity index (χ1v) is 38.4. The minimum absolute atomic E-state index is 0.0119. The first-order chi connectivity index (χ1) is 50.6. The first-order valence-electron chi connectivity index (χ1n) is 38.4. The molecule has 23 heteroatoms. The highest BCUT2D eigenvalue weighted by Crippen LogP contribution is 2.37. The fourth-order valence-electron chi connectivity index (χ4n) is 15.3. The van der Waals surface area contributed by atoms with Crippen LogP contribution in [0.1, 0.15) is 193 Å². The van der Waals surface area contributed by atoms with Gasteiger partial charge in [0.15, 0.2) is 11.6 Å². The summed E-state index contributed by atoms with van der Waals surface area (Å²) >= 11 is 0. The van der Waals surface area contributed by atoms with Crippen LogP contribution in [0.15, 0.2) is 72.8 Å². The van der Waals surface area contributed by atoms with Crippen molar-refractivity contribution in [3.8, 4) is 11.8 Å². The lowest BCUT2D eigenvalue weighted by atomic mass is 9.83. The third-order valence-electron chi connectivity index (χ3n) is 21.2. The number of carbonyl (C=O) groups is 11. The van der Waals surface area contributed by atoms with Crippen molar-refractivity contribution >= 4 is 75.9 Å². The van der Waals surface area contributed by atoms with Gasteiger partial charge in [-0.05, 0) is 131 Å². The van der Waals surface area contributed by atoms with Crippen molar-refractivity contribution in [1.82, 2.24) is 25.3 Å². The van der Waals surface area contributed by atoms with Gasteiger partial charge in [-0.3, -0.25) is 52.8 Å². The minimum atomic E-state index is -0.966. The molecular formula is C83H120N8O15. The van der Waals surface area contributed by atoms with E-state index in [4.69, 9.17) is 24.7 Å². The number of hydrogen-bond acceptors (Lipinski definition) is 16. The Morgan fingerprint density at radius 3 is 1.92 bits per heavy atom. The van der Waals surface area contributed by atoms with E-state index in [1.807, 2.05) is 109 Å². The highest BCUT2D eigenvalue weighted by atomic mass is 16.5. The van der Waals surface area contributed by atoms with E-state index in [1.54, 1.807) is 60.0 Å². The highest BCUT2D eigenvalue weighted by molar-refractivity contribution is 5.97. The van der Waals surface area contributed by atoms with Gasteiger partial charge in [0.05, 0.1) is 74.8 Å². The average molecular weight is 1470 g/mol. The summed E-state index contributed by atoms with van der Waals surface area (Å²) in [5, 5.41) is 8.25. The number of hydrogen-bond donors (Lipinski definition) is 4. The zero-order valence-electron chi connectivity index (χ0n) is 65.0. The smallest absolute Gasteiger partial charge is 0.312 e. The van der Waals surface area contributed by atoms with E-state index in [0.29, 0.717) is 69.5 Å². The van der Waals surface area contributed by atoms with Crippen molar-refractivity contribution in [2.45, 2.75) is 220 Å². The molecule has 1 saturated carbocycles. The van der Waals surface area contributed by atoms with Gasteiger partial charge in [0.1, 0.15) is 17.3 Å². The van der Waals surface area contributed by atoms with Crippen LogP contribution in [-0.4, -0.2) is 190 Å². The Labute approximate surface area is 629 Å². The molecule has 1 aliphatic carbocycles. The maximum absolute atomic E-state index is 14.6. The zero-order valence-corrected chi connectivity index (χ0v) is 65.0. The number of primary amides is 1. The molecule has 3 aromatic carbocycles. The highest BCUT2D eigenvalue weighted by Gasteiger charge is 2.45. The van der Waals surface area contributed by atoms with Crippen LogP contribution in [0, 0.1) is 53.3 Å². The number of Topliss-reactive ketones (excluding diaryl/α,β-unsaturated/α-hetero) is 5. The van der Waals surface area contributed by atoms with Gasteiger partial charge < -0.3 is 55.3 Å². The van der Waals surface area contributed by atoms with E-state index < -0.39 is 65.9 Å². The molecule has 7 amide bonds. The summed E-state index contributed by atoms with van der Waals surface area (Å²) in [5.41, 5.74) is 9.72. The third kappa shape index (κ3) is 26.7. The predicted octanol–water partition coefficient (Wildman–Crippen LogP) is 10.0. The summed E-state index contributed by atoms with van der Waals surface area (Å²) in [6, 6.07) is 19.2. The number of para-hydroxylation sites is 1. The lowest BCUT2D eigenvalue weighted by Crippen LogP contribution is -2.54. The van der Waals surface area contributed by atoms with Crippen LogP contribution in [0.25, 0.3) is 0 Å². The molecule has 3 aliphatic rings. The molecule has 5 N–H and O–H groups in total. The molecule has 9 atom stereocenters. The van der Waals surface area contributed by atoms with Crippen LogP contribution in [0.4, 0.5) is 16.2 Å². The number of likely N-dealkylation sites (N-methyl/N-ethyl adjacent to an activating group) is 2. The van der Waals surface area contributed by atoms with Gasteiger partial charge in [0.2, 0.25) is 29.5 Å². The van der Waals surface area contributed by atoms with Crippen molar-refractivity contribution in [2.24, 2.45) is 47.2 Å². The second-order valence-corrected chi connectivity index (χ2v) is 30.2. The van der Waals surface area contributed by atoms with E-state index in [9.17, 15) is 52.7 Å². The largest absolute Gasteiger partial charge is 0.379 e. The number of rotatable bonds is 47. The molecule has 0 spiro atoms. The summed E-state index contributed by atoms with van der Waals surface area (Å²) in [6.07, 6.45) is 5.89. The number of nitrogens with zero attached hydrogens (tertiary/aromatic N) is 4. The van der Waals surface area contributed by atoms with E-state index >= 15 is 0 Å². The van der Waals surface area contributed by atoms with Crippen LogP contribution in [0.2, 0.25) is 0 Å². The van der Waals surface area contributed by atoms with Crippen LogP contribution in [0.3, 0.4) is 0 Å². The van der Waals surface area contributed by atoms with Gasteiger partial charge in [-0.25, -0.2) is 4.79 Å². The predicted molar refractivity (Wildman–Crippen MR) is 408 cm³/mol. The summed E-state index contributed by atoms with van der Waals surface area (Å²) in [6.45, 7) is 15.3. The number of nitrogens with two attached hydrogens (primary N) is 1. The SMILES string of the molecule is CO[C@H]([C@@H](C)C(=O)CCC(=O)Nc1ccc(CC(=O)C(CCCNC(N)=O)NC(=O)[C@@H](CC(=O)CCOCCOCCCC(=O)CCCC(=O)N2Cc3ccccc3C#Cc3ccccc32)C(C)C)cc1)[C@@H]1CCCN1C(=O)C[C@@H](OC)[C@H](C1CCCC1)N(C)C(=O)[C@@H](CC(=O)[C@H](C(C)C)N(C)C)C(C)C. The monoisotopic (exact) mass is 1470 g/mol. The Kier molecular flexibility index (Phi) is 36.3. The molecule has 2 heterocycles. The Balaban J connectivity index is 0.914. The fraction of sp³-hybridized carbons (Fsp3) is 0.627. The molecule has 23 nitrogen and oxygen atoms in total. The lowest BCUT2D eigenvalue weighted by Gasteiger charge is -2.41. The van der Waals surface area contributed by atoms with Crippen molar-refractivity contribution in [3.05, 3.63) is 95.1 Å². The molecule has 106 heavy (non-hydrogen) atoms. The van der Waals surface area contributed by atoms with Crippen LogP contribution >= 0.6 is 0 Å². The standard InChI is InChI=1S/C83H120N8O15/c1-54(2)66(50-65(93)42-46-106-48-47-105-45-22-29-64(92)28-19-33-76(98)91-53-62-27-16-13-23-59(62)36-37-60-24-17-18-31-69(60)91)81(100)87-68(30-20-43-85-83(84)102)72(95)49-58-34-38-63(39-35-58)86-75(97)41-40-71(94)57(7)80(104-12)70-32-21-44-90(70)77(99)52-74(103-11)79(61-25-14-15-26-61)89(10)82(101)67(55(3)4)51-73(96)78(56(5)6)88(8)9/h13,16-18,23-24,27,31,34-35,38-39,54-57,61,66-68,70,74,78-80H,14-15,19-22,25-26,28-30,32-33,40-53H2,1-12H3,(H,86,97)(H,87,100)(H3,84,85,102)/t57-,66-,67-,68?,70-,74+,78-,79-,80+/m0/s1. The summed E-state index contributed by atoms with van der Waals surface area (Å²) in [4.78, 5) is 157. The van der Waals surface area contributed by atoms with Crippen LogP contribution in [0.5, 0.6) is 0 Å². The number of urea groups is 1. The topological polar surface area (TPSA) is 300 Å². The first kappa shape index (κ1) is 86.9. The second kappa shape index (κ2) is 44.3. The van der Waals surface area contributed by atoms with E-state index in [2.05, 4.69) is 27.8 Å². The van der Waals surface area contributed by atoms with Gasteiger partial charge in [-0.1, -0.05) is 116 Å². The normalized spacial score (nSPS) is 16.6. The number of methoxy groups -OCH3 is 2. The summed E-state index contributed by atoms with van der Waals surface area (Å²) < 4.78 is 23.6. The minimum Gasteiger partial charge on any atom is -0.379 e. The Hall–Kier alpha value is -8.01. The Morgan fingerprint density at radius 1 is 0.613 bits per heavy atom. The molecular weight excluding hydrogens is 1350 g/mol. The fourth-order valence-corrected chi connectivity index (χ4v) is 15.3. The van der Waals surface area contributed by atoms with Crippen molar-refractivity contribution in [2.75, 3.05) is 85.1 Å². The quantitative estimate of drug-likeness (QED) is 0.0302. The lowest BCUT2D eigenvalue weighted by molar-refractivity contribution is -0.149. The maximum atomic E-state index is 14.6. The van der Waals surface area contributed by atoms with E-state index in [0.717, 1.165) is 48.1 Å². The number of nitrogens with one attached hydrogen (secondary N) is 3. The number of ether oxygens (including phenoxy) is 4. The molecule has 0 aromatic heterocycles. The molecule has 582 valence electrons. The third-order valence-corrected chi connectivity index (χ3v) is 21.2. The van der Waals surface area contributed by atoms with Crippen molar-refractivity contribution in [1.29, 1.82) is 0 Å². The molecule has 1 saturated heterocycles. The van der Waals surface area contributed by atoms with Gasteiger partial charge in [0.25, 0.3) is 0 Å². The number of ketones is 5. The molecule has 2 aliphatic heterocycles. The number of amides is 7. The van der Waals surface area contributed by atoms with Crippen molar-refractivity contribution < 1.29 is 71.7 Å². The summed E-state index contributed by atoms with van der Waals surface area (Å²) in [5.74, 6) is 2.45. The summed E-state index contributed by atoms with van der Waals surface area (Å²) in [7, 11) is 8.68. The van der Waals surface area contributed by atoms with Crippen LogP contribution in [-0.2, 0) is 79.9 Å². The van der Waals surface area contributed by atoms with Gasteiger partial charge in [0, 0.05) is 133 Å². The number of benzene rings is 3. The van der Waals surface area contributed by atoms with E-state index in [1.165, 1.54) is 7.11 Å². The van der Waals surface area contributed by atoms with Crippen LogP contribution < -0.4 is 26.6 Å². The number of fused-ring (bicyclic) bond motifs is 2. The molecule has 0 radical (unpaired) electrons. The molecule has 1 unspecified atom stereocenters. The maximum Gasteiger partial charge on any atom is 0.312 e. The number of carbonyl (C=O) groups excluding carboxylic acids is 11. The van der Waals surface area contributed by atoms with Gasteiger partial charge in [-0.15, -0.1) is 0 Å². The van der Waals surface area contributed by atoms with Gasteiger partial charge in [-0.2, -0.15) is 0 Å². The number of likely N-dealkylation sites (tertiary alicyclic amines) is 1. The average Bonchev–Trinajstić information content (AvgIpc) is 1.46. The zero-order chi connectivity index (χ0) is 77.6. The second-order valence-electron chi connectivity index (χ2n) is 30.2.